The average molecular weight is 264 g/mol. The largest absolute Gasteiger partial charge is 0.337 e. The van der Waals surface area contributed by atoms with Gasteiger partial charge in [0.2, 0.25) is 0 Å². The highest BCUT2D eigenvalue weighted by atomic mass is 16.2. The van der Waals surface area contributed by atoms with Crippen molar-refractivity contribution >= 4 is 5.91 Å². The lowest BCUT2D eigenvalue weighted by atomic mass is 9.93. The van der Waals surface area contributed by atoms with Crippen molar-refractivity contribution in [1.82, 2.24) is 20.4 Å². The Morgan fingerprint density at radius 3 is 2.84 bits per heavy atom. The van der Waals surface area contributed by atoms with Crippen LogP contribution in [0.1, 0.15) is 42.4 Å². The van der Waals surface area contributed by atoms with Crippen molar-refractivity contribution in [1.29, 1.82) is 0 Å². The second kappa shape index (κ2) is 6.70. The van der Waals surface area contributed by atoms with Gasteiger partial charge in [0.05, 0.1) is 0 Å². The first kappa shape index (κ1) is 14.1. The van der Waals surface area contributed by atoms with Crippen molar-refractivity contribution < 1.29 is 4.79 Å². The molecule has 2 N–H and O–H groups in total. The van der Waals surface area contributed by atoms with Gasteiger partial charge in [0.15, 0.2) is 0 Å². The number of hydrogen-bond acceptors (Lipinski definition) is 3. The van der Waals surface area contributed by atoms with Gasteiger partial charge in [-0.15, -0.1) is 0 Å². The summed E-state index contributed by atoms with van der Waals surface area (Å²) in [7, 11) is 1.99. The molecule has 1 saturated heterocycles. The van der Waals surface area contributed by atoms with Gasteiger partial charge >= 0.3 is 0 Å². The summed E-state index contributed by atoms with van der Waals surface area (Å²) in [4.78, 5) is 14.2. The molecule has 0 aromatic carbocycles. The lowest BCUT2D eigenvalue weighted by Gasteiger charge is -2.31. The maximum atomic E-state index is 12.3. The molecule has 0 atom stereocenters. The molecule has 0 saturated carbocycles. The number of aromatic amines is 1. The van der Waals surface area contributed by atoms with Crippen LogP contribution in [-0.4, -0.2) is 47.7 Å². The summed E-state index contributed by atoms with van der Waals surface area (Å²) in [5.41, 5.74) is 1.58. The normalized spacial score (nSPS) is 16.8. The SMILES string of the molecule is CCc1cc(C(=O)N2CCC(CCNC)CC2)n[nH]1. The number of nitrogens with one attached hydrogen (secondary N) is 2. The van der Waals surface area contributed by atoms with Crippen molar-refractivity contribution in [2.75, 3.05) is 26.7 Å². The number of aryl methyl sites for hydroxylation is 1. The molecule has 106 valence electrons. The molecule has 19 heavy (non-hydrogen) atoms. The number of aromatic nitrogens is 2. The van der Waals surface area contributed by atoms with Crippen LogP contribution in [0.5, 0.6) is 0 Å². The molecular formula is C14H24N4O. The van der Waals surface area contributed by atoms with Gasteiger partial charge in [-0.25, -0.2) is 0 Å². The third kappa shape index (κ3) is 3.56. The molecule has 5 nitrogen and oxygen atoms in total. The molecule has 1 aliphatic heterocycles. The van der Waals surface area contributed by atoms with Gasteiger partial charge in [-0.2, -0.15) is 5.10 Å². The van der Waals surface area contributed by atoms with Crippen LogP contribution < -0.4 is 5.32 Å². The maximum Gasteiger partial charge on any atom is 0.274 e. The van der Waals surface area contributed by atoms with Gasteiger partial charge in [-0.1, -0.05) is 6.92 Å². The van der Waals surface area contributed by atoms with E-state index < -0.39 is 0 Å². The Balaban J connectivity index is 1.85. The van der Waals surface area contributed by atoms with Crippen molar-refractivity contribution in [3.8, 4) is 0 Å². The van der Waals surface area contributed by atoms with Crippen molar-refractivity contribution in [2.24, 2.45) is 5.92 Å². The summed E-state index contributed by atoms with van der Waals surface area (Å²) in [6.45, 7) is 4.84. The van der Waals surface area contributed by atoms with Crippen LogP contribution >= 0.6 is 0 Å². The van der Waals surface area contributed by atoms with Crippen LogP contribution in [0.25, 0.3) is 0 Å². The number of piperidine rings is 1. The number of likely N-dealkylation sites (tertiary alicyclic amines) is 1. The number of amides is 1. The van der Waals surface area contributed by atoms with Crippen LogP contribution in [0.2, 0.25) is 0 Å². The number of rotatable bonds is 5. The summed E-state index contributed by atoms with van der Waals surface area (Å²) in [6.07, 6.45) is 4.31. The molecule has 2 heterocycles. The summed E-state index contributed by atoms with van der Waals surface area (Å²) in [5, 5.41) is 10.2. The first-order valence-electron chi connectivity index (χ1n) is 7.22. The van der Waals surface area contributed by atoms with Gasteiger partial charge in [0.1, 0.15) is 5.69 Å². The Bertz CT molecular complexity index is 407. The standard InChI is InChI=1S/C14H24N4O/c1-3-12-10-13(17-16-12)14(19)18-8-5-11(6-9-18)4-7-15-2/h10-11,15H,3-9H2,1-2H3,(H,16,17). The maximum absolute atomic E-state index is 12.3. The molecule has 0 bridgehead atoms. The molecule has 0 radical (unpaired) electrons. The van der Waals surface area contributed by atoms with Gasteiger partial charge in [-0.3, -0.25) is 9.89 Å². The van der Waals surface area contributed by atoms with Crippen molar-refractivity contribution in [3.63, 3.8) is 0 Å². The molecule has 5 heteroatoms. The number of carbonyl (C=O) groups excluding carboxylic acids is 1. The van der Waals surface area contributed by atoms with Crippen molar-refractivity contribution in [2.45, 2.75) is 32.6 Å². The molecule has 1 fully saturated rings. The van der Waals surface area contributed by atoms with E-state index in [0.717, 1.165) is 50.5 Å². The lowest BCUT2D eigenvalue weighted by molar-refractivity contribution is 0.0681. The minimum atomic E-state index is 0.0722. The topological polar surface area (TPSA) is 61.0 Å². The third-order valence-corrected chi connectivity index (χ3v) is 3.94. The molecule has 0 aliphatic carbocycles. The van der Waals surface area contributed by atoms with Crippen LogP contribution in [0.15, 0.2) is 6.07 Å². The number of carbonyl (C=O) groups is 1. The van der Waals surface area contributed by atoms with E-state index in [4.69, 9.17) is 0 Å². The minimum Gasteiger partial charge on any atom is -0.337 e. The zero-order valence-corrected chi connectivity index (χ0v) is 11.9. The first-order chi connectivity index (χ1) is 9.24. The number of hydrogen-bond donors (Lipinski definition) is 2. The van der Waals surface area contributed by atoms with E-state index in [0.29, 0.717) is 5.69 Å². The molecule has 0 spiro atoms. The Labute approximate surface area is 114 Å². The lowest BCUT2D eigenvalue weighted by Crippen LogP contribution is -2.39. The Morgan fingerprint density at radius 2 is 2.26 bits per heavy atom. The summed E-state index contributed by atoms with van der Waals surface area (Å²) < 4.78 is 0. The zero-order chi connectivity index (χ0) is 13.7. The number of nitrogens with zero attached hydrogens (tertiary/aromatic N) is 2. The smallest absolute Gasteiger partial charge is 0.274 e. The molecule has 1 aliphatic rings. The van der Waals surface area contributed by atoms with Crippen LogP contribution in [0.3, 0.4) is 0 Å². The van der Waals surface area contributed by atoms with Gasteiger partial charge < -0.3 is 10.2 Å². The molecular weight excluding hydrogens is 240 g/mol. The van der Waals surface area contributed by atoms with E-state index in [1.165, 1.54) is 6.42 Å². The van der Waals surface area contributed by atoms with E-state index in [1.807, 2.05) is 18.0 Å². The van der Waals surface area contributed by atoms with E-state index in [2.05, 4.69) is 22.4 Å². The van der Waals surface area contributed by atoms with E-state index in [-0.39, 0.29) is 5.91 Å². The van der Waals surface area contributed by atoms with E-state index in [9.17, 15) is 4.79 Å². The fraction of sp³-hybridized carbons (Fsp3) is 0.714. The number of H-pyrrole nitrogens is 1. The Morgan fingerprint density at radius 1 is 1.53 bits per heavy atom. The third-order valence-electron chi connectivity index (χ3n) is 3.94. The fourth-order valence-corrected chi connectivity index (χ4v) is 2.59. The monoisotopic (exact) mass is 264 g/mol. The zero-order valence-electron chi connectivity index (χ0n) is 11.9. The first-order valence-corrected chi connectivity index (χ1v) is 7.22. The second-order valence-electron chi connectivity index (χ2n) is 5.26. The predicted molar refractivity (Wildman–Crippen MR) is 75.1 cm³/mol. The molecule has 1 aromatic heterocycles. The van der Waals surface area contributed by atoms with Crippen LogP contribution in [-0.2, 0) is 6.42 Å². The van der Waals surface area contributed by atoms with Crippen LogP contribution in [0.4, 0.5) is 0 Å². The van der Waals surface area contributed by atoms with E-state index in [1.54, 1.807) is 0 Å². The van der Waals surface area contributed by atoms with Gasteiger partial charge in [-0.05, 0) is 51.3 Å². The highest BCUT2D eigenvalue weighted by Gasteiger charge is 2.24. The Kier molecular flexibility index (Phi) is 4.96. The molecule has 2 rings (SSSR count). The van der Waals surface area contributed by atoms with E-state index >= 15 is 0 Å². The summed E-state index contributed by atoms with van der Waals surface area (Å²) >= 11 is 0. The van der Waals surface area contributed by atoms with Gasteiger partial charge in [0, 0.05) is 18.8 Å². The highest BCUT2D eigenvalue weighted by molar-refractivity contribution is 5.92. The van der Waals surface area contributed by atoms with Gasteiger partial charge in [0.25, 0.3) is 5.91 Å². The minimum absolute atomic E-state index is 0.0722. The van der Waals surface area contributed by atoms with Crippen molar-refractivity contribution in [3.05, 3.63) is 17.5 Å². The molecule has 1 amide bonds. The van der Waals surface area contributed by atoms with Crippen LogP contribution in [0, 0.1) is 5.92 Å². The Hall–Kier alpha value is -1.36. The fourth-order valence-electron chi connectivity index (χ4n) is 2.59. The molecule has 1 aromatic rings. The summed E-state index contributed by atoms with van der Waals surface area (Å²) in [6, 6.07) is 1.87. The predicted octanol–water partition coefficient (Wildman–Crippen LogP) is 1.43. The average Bonchev–Trinajstić information content (AvgIpc) is 2.94. The molecule has 0 unspecified atom stereocenters. The second-order valence-corrected chi connectivity index (χ2v) is 5.26. The quantitative estimate of drug-likeness (QED) is 0.846. The highest BCUT2D eigenvalue weighted by Crippen LogP contribution is 2.21. The summed E-state index contributed by atoms with van der Waals surface area (Å²) in [5.74, 6) is 0.824.